The van der Waals surface area contributed by atoms with E-state index in [4.69, 9.17) is 4.74 Å². The minimum atomic E-state index is -3.28. The first kappa shape index (κ1) is 20.2. The molecule has 2 saturated heterocycles. The van der Waals surface area contributed by atoms with Crippen molar-refractivity contribution in [3.63, 3.8) is 0 Å². The minimum Gasteiger partial charge on any atom is -0.383 e. The summed E-state index contributed by atoms with van der Waals surface area (Å²) in [5.74, 6) is -0.0701. The predicted molar refractivity (Wildman–Crippen MR) is 101 cm³/mol. The smallest absolute Gasteiger partial charge is 0.272 e. The highest BCUT2D eigenvalue weighted by Gasteiger charge is 2.49. The number of carbonyl (C=O) groups excluding carboxylic acids is 1. The molecule has 3 rings (SSSR count). The molecule has 1 atom stereocenters. The van der Waals surface area contributed by atoms with Gasteiger partial charge in [0.25, 0.3) is 5.91 Å². The van der Waals surface area contributed by atoms with Crippen molar-refractivity contribution in [2.45, 2.75) is 39.2 Å². The van der Waals surface area contributed by atoms with Crippen LogP contribution in [0.3, 0.4) is 0 Å². The third-order valence-electron chi connectivity index (χ3n) is 6.00. The number of hydrogen-bond acceptors (Lipinski definition) is 6. The summed E-state index contributed by atoms with van der Waals surface area (Å²) in [5.41, 5.74) is 2.00. The van der Waals surface area contributed by atoms with Gasteiger partial charge in [-0.2, -0.15) is 4.31 Å². The van der Waals surface area contributed by atoms with Crippen molar-refractivity contribution in [2.24, 2.45) is 5.41 Å². The van der Waals surface area contributed by atoms with Crippen LogP contribution in [0.4, 0.5) is 0 Å². The number of rotatable bonds is 4. The molecule has 0 radical (unpaired) electrons. The number of sulfonamides is 1. The quantitative estimate of drug-likeness (QED) is 0.754. The fraction of sp³-hybridized carbons (Fsp3) is 0.722. The van der Waals surface area contributed by atoms with Crippen LogP contribution in [0.15, 0.2) is 6.33 Å². The largest absolute Gasteiger partial charge is 0.383 e. The van der Waals surface area contributed by atoms with Gasteiger partial charge in [-0.25, -0.2) is 18.4 Å². The topological polar surface area (TPSA) is 92.7 Å². The first-order chi connectivity index (χ1) is 12.7. The molecular weight excluding hydrogens is 368 g/mol. The summed E-state index contributed by atoms with van der Waals surface area (Å²) >= 11 is 0. The Morgan fingerprint density at radius 1 is 1.30 bits per heavy atom. The van der Waals surface area contributed by atoms with Gasteiger partial charge in [-0.05, 0) is 38.5 Å². The summed E-state index contributed by atoms with van der Waals surface area (Å²) in [6.07, 6.45) is 5.04. The molecule has 27 heavy (non-hydrogen) atoms. The van der Waals surface area contributed by atoms with Gasteiger partial charge in [-0.3, -0.25) is 4.79 Å². The third-order valence-corrected chi connectivity index (χ3v) is 7.28. The Morgan fingerprint density at radius 3 is 2.56 bits per heavy atom. The lowest BCUT2D eigenvalue weighted by Crippen LogP contribution is -2.45. The van der Waals surface area contributed by atoms with Crippen molar-refractivity contribution < 1.29 is 17.9 Å². The van der Waals surface area contributed by atoms with Crippen molar-refractivity contribution in [2.75, 3.05) is 39.6 Å². The Morgan fingerprint density at radius 2 is 1.96 bits per heavy atom. The molecule has 3 heterocycles. The maximum atomic E-state index is 12.9. The molecule has 1 aromatic rings. The lowest BCUT2D eigenvalue weighted by molar-refractivity contribution is 0.0588. The van der Waals surface area contributed by atoms with Crippen LogP contribution >= 0.6 is 0 Å². The summed E-state index contributed by atoms with van der Waals surface area (Å²) in [5, 5.41) is 0. The van der Waals surface area contributed by atoms with Crippen LogP contribution in [-0.2, 0) is 14.8 Å². The first-order valence-corrected chi connectivity index (χ1v) is 11.0. The lowest BCUT2D eigenvalue weighted by atomic mass is 9.76. The summed E-state index contributed by atoms with van der Waals surface area (Å²) in [6.45, 7) is 5.86. The molecule has 1 aromatic heterocycles. The van der Waals surface area contributed by atoms with E-state index in [9.17, 15) is 13.2 Å². The fourth-order valence-electron chi connectivity index (χ4n) is 4.30. The van der Waals surface area contributed by atoms with Crippen LogP contribution in [0.2, 0.25) is 0 Å². The molecule has 9 heteroatoms. The monoisotopic (exact) mass is 396 g/mol. The van der Waals surface area contributed by atoms with Gasteiger partial charge in [-0.1, -0.05) is 0 Å². The standard InChI is InChI=1S/C18H28N4O4S/c1-13-14(2)19-12-20-16(13)17(23)21-7-5-18(6-8-21)9-15(10-26-3)22(11-18)27(4,24)25/h12,15H,5-11H2,1-4H3. The number of piperidine rings is 1. The normalized spacial score (nSPS) is 23.1. The summed E-state index contributed by atoms with van der Waals surface area (Å²) in [4.78, 5) is 23.0. The molecule has 0 N–H and O–H groups in total. The number of nitrogens with zero attached hydrogens (tertiary/aromatic N) is 4. The first-order valence-electron chi connectivity index (χ1n) is 9.20. The van der Waals surface area contributed by atoms with E-state index in [1.54, 1.807) is 11.4 Å². The van der Waals surface area contributed by atoms with Gasteiger partial charge < -0.3 is 9.64 Å². The molecule has 0 aromatic carbocycles. The fourth-order valence-corrected chi connectivity index (χ4v) is 5.48. The molecule has 2 aliphatic heterocycles. The number of amides is 1. The molecule has 0 bridgehead atoms. The van der Waals surface area contributed by atoms with E-state index in [2.05, 4.69) is 9.97 Å². The molecule has 150 valence electrons. The highest BCUT2D eigenvalue weighted by molar-refractivity contribution is 7.88. The van der Waals surface area contributed by atoms with Crippen LogP contribution in [0.25, 0.3) is 0 Å². The maximum absolute atomic E-state index is 12.9. The van der Waals surface area contributed by atoms with E-state index >= 15 is 0 Å². The second-order valence-corrected chi connectivity index (χ2v) is 9.78. The molecular formula is C18H28N4O4S. The Labute approximate surface area is 161 Å². The van der Waals surface area contributed by atoms with Crippen molar-refractivity contribution in [1.82, 2.24) is 19.2 Å². The van der Waals surface area contributed by atoms with E-state index in [-0.39, 0.29) is 17.4 Å². The maximum Gasteiger partial charge on any atom is 0.272 e. The van der Waals surface area contributed by atoms with Crippen molar-refractivity contribution in [1.29, 1.82) is 0 Å². The Bertz CT molecular complexity index is 819. The van der Waals surface area contributed by atoms with E-state index in [0.717, 1.165) is 30.5 Å². The van der Waals surface area contributed by atoms with Gasteiger partial charge in [0.15, 0.2) is 0 Å². The van der Waals surface area contributed by atoms with Crippen molar-refractivity contribution in [3.05, 3.63) is 23.3 Å². The molecule has 1 spiro atoms. The highest BCUT2D eigenvalue weighted by atomic mass is 32.2. The number of methoxy groups -OCH3 is 1. The van der Waals surface area contributed by atoms with Gasteiger partial charge >= 0.3 is 0 Å². The van der Waals surface area contributed by atoms with Crippen LogP contribution in [-0.4, -0.2) is 79.1 Å². The lowest BCUT2D eigenvalue weighted by Gasteiger charge is -2.39. The van der Waals surface area contributed by atoms with E-state index in [0.29, 0.717) is 31.9 Å². The number of aryl methyl sites for hydroxylation is 1. The van der Waals surface area contributed by atoms with E-state index in [1.165, 1.54) is 12.6 Å². The average molecular weight is 397 g/mol. The molecule has 8 nitrogen and oxygen atoms in total. The van der Waals surface area contributed by atoms with Crippen LogP contribution in [0.5, 0.6) is 0 Å². The van der Waals surface area contributed by atoms with E-state index in [1.807, 2.05) is 18.7 Å². The zero-order chi connectivity index (χ0) is 19.8. The molecule has 1 amide bonds. The Balaban J connectivity index is 1.71. The molecule has 2 aliphatic rings. The molecule has 1 unspecified atom stereocenters. The highest BCUT2D eigenvalue weighted by Crippen LogP contribution is 2.44. The van der Waals surface area contributed by atoms with Gasteiger partial charge in [0.1, 0.15) is 12.0 Å². The number of likely N-dealkylation sites (tertiary alicyclic amines) is 1. The summed E-state index contributed by atoms with van der Waals surface area (Å²) < 4.78 is 31.1. The molecule has 0 saturated carbocycles. The molecule has 0 aliphatic carbocycles. The second-order valence-electron chi connectivity index (χ2n) is 7.85. The second kappa shape index (κ2) is 7.44. The third kappa shape index (κ3) is 4.00. The summed E-state index contributed by atoms with van der Waals surface area (Å²) in [6, 6.07) is -0.126. The van der Waals surface area contributed by atoms with Gasteiger partial charge in [0, 0.05) is 44.0 Å². The van der Waals surface area contributed by atoms with Crippen LogP contribution in [0.1, 0.15) is 41.0 Å². The van der Waals surface area contributed by atoms with Gasteiger partial charge in [0.2, 0.25) is 10.0 Å². The predicted octanol–water partition coefficient (Wildman–Crippen LogP) is 0.996. The minimum absolute atomic E-state index is 0.0701. The molecule has 2 fully saturated rings. The zero-order valence-corrected chi connectivity index (χ0v) is 17.3. The van der Waals surface area contributed by atoms with Crippen LogP contribution < -0.4 is 0 Å². The number of aromatic nitrogens is 2. The average Bonchev–Trinajstić information content (AvgIpc) is 2.96. The van der Waals surface area contributed by atoms with Crippen LogP contribution in [0, 0.1) is 19.3 Å². The zero-order valence-electron chi connectivity index (χ0n) is 16.4. The Kier molecular flexibility index (Phi) is 5.56. The van der Waals surface area contributed by atoms with Crippen molar-refractivity contribution >= 4 is 15.9 Å². The van der Waals surface area contributed by atoms with Crippen molar-refractivity contribution in [3.8, 4) is 0 Å². The van der Waals surface area contributed by atoms with E-state index < -0.39 is 10.0 Å². The van der Waals surface area contributed by atoms with Gasteiger partial charge in [0.05, 0.1) is 12.9 Å². The number of ether oxygens (including phenoxy) is 1. The van der Waals surface area contributed by atoms with Gasteiger partial charge in [-0.15, -0.1) is 0 Å². The SMILES string of the molecule is COCC1CC2(CCN(C(=O)c3ncnc(C)c3C)CC2)CN1S(C)(=O)=O. The number of carbonyl (C=O) groups is 1. The summed E-state index contributed by atoms with van der Waals surface area (Å²) in [7, 11) is -1.68. The number of hydrogen-bond donors (Lipinski definition) is 0. The Hall–Kier alpha value is -1.58.